The summed E-state index contributed by atoms with van der Waals surface area (Å²) in [5.74, 6) is 0.193. The van der Waals surface area contributed by atoms with Crippen LogP contribution in [0, 0.1) is 0 Å². The van der Waals surface area contributed by atoms with Crippen LogP contribution in [0.1, 0.15) is 32.1 Å². The van der Waals surface area contributed by atoms with Gasteiger partial charge in [0.15, 0.2) is 9.84 Å². The average Bonchev–Trinajstić information content (AvgIpc) is 2.16. The zero-order chi connectivity index (χ0) is 12.0. The average molecular weight is 249 g/mol. The molecular weight excluding hydrogens is 230 g/mol. The van der Waals surface area contributed by atoms with E-state index < -0.39 is 9.84 Å². The Morgan fingerprint density at radius 3 is 2.75 bits per heavy atom. The van der Waals surface area contributed by atoms with Crippen molar-refractivity contribution in [3.05, 3.63) is 0 Å². The molecule has 1 aliphatic rings. The van der Waals surface area contributed by atoms with E-state index in [1.165, 1.54) is 0 Å². The number of amides is 1. The summed E-state index contributed by atoms with van der Waals surface area (Å²) in [6.07, 6.45) is 2.98. The van der Waals surface area contributed by atoms with Gasteiger partial charge in [0.25, 0.3) is 0 Å². The number of aliphatic hydroxyl groups is 1. The molecule has 1 atom stereocenters. The molecule has 1 aliphatic heterocycles. The maximum Gasteiger partial charge on any atom is 0.220 e. The summed E-state index contributed by atoms with van der Waals surface area (Å²) in [6, 6.07) is -0.222. The predicted octanol–water partition coefficient (Wildman–Crippen LogP) is -0.158. The molecule has 5 nitrogen and oxygen atoms in total. The van der Waals surface area contributed by atoms with Gasteiger partial charge < -0.3 is 10.4 Å². The molecule has 0 spiro atoms. The number of rotatable bonds is 5. The molecule has 94 valence electrons. The first-order chi connectivity index (χ1) is 7.53. The molecule has 0 aromatic heterocycles. The molecule has 1 amide bonds. The van der Waals surface area contributed by atoms with E-state index in [4.69, 9.17) is 5.11 Å². The summed E-state index contributed by atoms with van der Waals surface area (Å²) in [5.41, 5.74) is 0. The van der Waals surface area contributed by atoms with Gasteiger partial charge in [0.2, 0.25) is 5.91 Å². The summed E-state index contributed by atoms with van der Waals surface area (Å²) in [5, 5.41) is 11.3. The number of carbonyl (C=O) groups is 1. The van der Waals surface area contributed by atoms with Gasteiger partial charge in [-0.2, -0.15) is 0 Å². The molecular formula is C10H19NO4S. The highest BCUT2D eigenvalue weighted by Gasteiger charge is 2.25. The molecule has 0 aromatic carbocycles. The van der Waals surface area contributed by atoms with Crippen molar-refractivity contribution < 1.29 is 18.3 Å². The van der Waals surface area contributed by atoms with Crippen LogP contribution in [-0.4, -0.2) is 43.6 Å². The van der Waals surface area contributed by atoms with Crippen LogP contribution < -0.4 is 5.32 Å². The van der Waals surface area contributed by atoms with Crippen molar-refractivity contribution in [1.82, 2.24) is 5.32 Å². The van der Waals surface area contributed by atoms with Crippen molar-refractivity contribution in [3.63, 3.8) is 0 Å². The van der Waals surface area contributed by atoms with E-state index in [-0.39, 0.29) is 30.1 Å². The highest BCUT2D eigenvalue weighted by molar-refractivity contribution is 7.91. The minimum Gasteiger partial charge on any atom is -0.396 e. The van der Waals surface area contributed by atoms with E-state index in [1.54, 1.807) is 0 Å². The van der Waals surface area contributed by atoms with Crippen molar-refractivity contribution in [2.45, 2.75) is 38.1 Å². The highest BCUT2D eigenvalue weighted by Crippen LogP contribution is 2.12. The zero-order valence-corrected chi connectivity index (χ0v) is 10.1. The first kappa shape index (κ1) is 13.4. The number of sulfone groups is 1. The Morgan fingerprint density at radius 1 is 1.38 bits per heavy atom. The monoisotopic (exact) mass is 249 g/mol. The van der Waals surface area contributed by atoms with Crippen LogP contribution >= 0.6 is 0 Å². The normalized spacial score (nSPS) is 23.9. The Kier molecular flexibility index (Phi) is 5.21. The fourth-order valence-electron chi connectivity index (χ4n) is 1.83. The second kappa shape index (κ2) is 6.20. The lowest BCUT2D eigenvalue weighted by Gasteiger charge is -2.22. The van der Waals surface area contributed by atoms with Crippen LogP contribution in [0.3, 0.4) is 0 Å². The van der Waals surface area contributed by atoms with Gasteiger partial charge in [0.1, 0.15) is 0 Å². The SMILES string of the molecule is O=C(CCCCO)NC1CCCS(=O)(=O)C1. The largest absolute Gasteiger partial charge is 0.396 e. The molecule has 0 saturated carbocycles. The van der Waals surface area contributed by atoms with Crippen molar-refractivity contribution in [2.24, 2.45) is 0 Å². The lowest BCUT2D eigenvalue weighted by Crippen LogP contribution is -2.43. The fourth-order valence-corrected chi connectivity index (χ4v) is 3.47. The maximum atomic E-state index is 11.4. The Hall–Kier alpha value is -0.620. The van der Waals surface area contributed by atoms with Gasteiger partial charge >= 0.3 is 0 Å². The van der Waals surface area contributed by atoms with Gasteiger partial charge in [-0.1, -0.05) is 0 Å². The number of hydrogen-bond acceptors (Lipinski definition) is 4. The molecule has 6 heteroatoms. The van der Waals surface area contributed by atoms with E-state index in [0.717, 1.165) is 6.42 Å². The standard InChI is InChI=1S/C10H19NO4S/c12-6-2-1-5-10(13)11-9-4-3-7-16(14,15)8-9/h9,12H,1-8H2,(H,11,13). The van der Waals surface area contributed by atoms with Gasteiger partial charge in [0.05, 0.1) is 11.5 Å². The minimum absolute atomic E-state index is 0.0682. The van der Waals surface area contributed by atoms with Gasteiger partial charge in [0, 0.05) is 19.1 Å². The quantitative estimate of drug-likeness (QED) is 0.663. The van der Waals surface area contributed by atoms with Crippen molar-refractivity contribution in [2.75, 3.05) is 18.1 Å². The lowest BCUT2D eigenvalue weighted by atomic mass is 10.1. The molecule has 1 unspecified atom stereocenters. The van der Waals surface area contributed by atoms with Crippen LogP contribution in [0.15, 0.2) is 0 Å². The van der Waals surface area contributed by atoms with Crippen LogP contribution in [0.5, 0.6) is 0 Å². The number of aliphatic hydroxyl groups excluding tert-OH is 1. The molecule has 16 heavy (non-hydrogen) atoms. The van der Waals surface area contributed by atoms with Gasteiger partial charge in [-0.3, -0.25) is 4.79 Å². The number of nitrogens with one attached hydrogen (secondary N) is 1. The smallest absolute Gasteiger partial charge is 0.220 e. The van der Waals surface area contributed by atoms with Crippen LogP contribution in [0.2, 0.25) is 0 Å². The van der Waals surface area contributed by atoms with E-state index in [0.29, 0.717) is 25.7 Å². The fraction of sp³-hybridized carbons (Fsp3) is 0.900. The molecule has 1 fully saturated rings. The van der Waals surface area contributed by atoms with Gasteiger partial charge in [-0.25, -0.2) is 8.42 Å². The van der Waals surface area contributed by atoms with Crippen molar-refractivity contribution >= 4 is 15.7 Å². The third-order valence-corrected chi connectivity index (χ3v) is 4.46. The van der Waals surface area contributed by atoms with E-state index in [9.17, 15) is 13.2 Å². The Bertz CT molecular complexity index is 326. The van der Waals surface area contributed by atoms with Crippen LogP contribution in [0.4, 0.5) is 0 Å². The third-order valence-electron chi connectivity index (χ3n) is 2.64. The van der Waals surface area contributed by atoms with Crippen molar-refractivity contribution in [1.29, 1.82) is 0 Å². The molecule has 1 rings (SSSR count). The summed E-state index contributed by atoms with van der Waals surface area (Å²) < 4.78 is 22.6. The summed E-state index contributed by atoms with van der Waals surface area (Å²) in [6.45, 7) is 0.0884. The summed E-state index contributed by atoms with van der Waals surface area (Å²) in [7, 11) is -2.96. The molecule has 0 radical (unpaired) electrons. The van der Waals surface area contributed by atoms with Crippen LogP contribution in [0.25, 0.3) is 0 Å². The maximum absolute atomic E-state index is 11.4. The first-order valence-corrected chi connectivity index (χ1v) is 7.46. The number of unbranched alkanes of at least 4 members (excludes halogenated alkanes) is 1. The Labute approximate surface area is 96.1 Å². The lowest BCUT2D eigenvalue weighted by molar-refractivity contribution is -0.121. The molecule has 2 N–H and O–H groups in total. The van der Waals surface area contributed by atoms with E-state index in [2.05, 4.69) is 5.32 Å². The Morgan fingerprint density at radius 2 is 2.12 bits per heavy atom. The zero-order valence-electron chi connectivity index (χ0n) is 9.31. The molecule has 0 aliphatic carbocycles. The summed E-state index contributed by atoms with van der Waals surface area (Å²) >= 11 is 0. The second-order valence-corrected chi connectivity index (χ2v) is 6.43. The van der Waals surface area contributed by atoms with Gasteiger partial charge in [-0.15, -0.1) is 0 Å². The topological polar surface area (TPSA) is 83.5 Å². The third kappa shape index (κ3) is 4.94. The molecule has 0 aromatic rings. The molecule has 0 bridgehead atoms. The van der Waals surface area contributed by atoms with Crippen LogP contribution in [-0.2, 0) is 14.6 Å². The number of hydrogen-bond donors (Lipinski definition) is 2. The summed E-state index contributed by atoms with van der Waals surface area (Å²) in [4.78, 5) is 11.4. The molecule has 1 heterocycles. The Balaban J connectivity index is 2.28. The highest BCUT2D eigenvalue weighted by atomic mass is 32.2. The predicted molar refractivity (Wildman–Crippen MR) is 60.8 cm³/mol. The van der Waals surface area contributed by atoms with Gasteiger partial charge in [-0.05, 0) is 25.7 Å². The van der Waals surface area contributed by atoms with E-state index >= 15 is 0 Å². The van der Waals surface area contributed by atoms with Crippen molar-refractivity contribution in [3.8, 4) is 0 Å². The van der Waals surface area contributed by atoms with E-state index in [1.807, 2.05) is 0 Å². The minimum atomic E-state index is -2.96. The molecule has 1 saturated heterocycles. The second-order valence-electron chi connectivity index (χ2n) is 4.20. The first-order valence-electron chi connectivity index (χ1n) is 5.64. The number of carbonyl (C=O) groups excluding carboxylic acids is 1.